The van der Waals surface area contributed by atoms with Crippen LogP contribution in [0.2, 0.25) is 0 Å². The third-order valence-corrected chi connectivity index (χ3v) is 4.56. The molecule has 3 aromatic heterocycles. The van der Waals surface area contributed by atoms with Crippen LogP contribution >= 0.6 is 0 Å². The van der Waals surface area contributed by atoms with Crippen LogP contribution in [0.4, 0.5) is 19.0 Å². The maximum Gasteiger partial charge on any atom is 0.416 e. The summed E-state index contributed by atoms with van der Waals surface area (Å²) in [6.07, 6.45) is -1.62. The minimum absolute atomic E-state index is 0.150. The van der Waals surface area contributed by atoms with Crippen molar-refractivity contribution in [1.82, 2.24) is 20.2 Å². The van der Waals surface area contributed by atoms with Crippen molar-refractivity contribution in [1.29, 1.82) is 0 Å². The summed E-state index contributed by atoms with van der Waals surface area (Å²) in [5.74, 6) is 0.597. The average molecular weight is 377 g/mol. The lowest BCUT2D eigenvalue weighted by atomic mass is 10.1. The molecule has 4 rings (SSSR count). The number of anilines is 1. The molecule has 0 unspecified atom stereocenters. The highest BCUT2D eigenvalue weighted by atomic mass is 19.4. The first kappa shape index (κ1) is 17.7. The van der Waals surface area contributed by atoms with Gasteiger partial charge in [-0.2, -0.15) is 18.3 Å². The number of halogens is 3. The van der Waals surface area contributed by atoms with Crippen LogP contribution in [0.25, 0.3) is 22.3 Å². The number of fused-ring (bicyclic) bond motifs is 1. The Morgan fingerprint density at radius 3 is 2.74 bits per heavy atom. The van der Waals surface area contributed by atoms with Crippen molar-refractivity contribution in [3.05, 3.63) is 35.7 Å². The Bertz CT molecular complexity index is 963. The van der Waals surface area contributed by atoms with Crippen LogP contribution in [0.1, 0.15) is 24.1 Å². The van der Waals surface area contributed by atoms with Crippen LogP contribution in [-0.2, 0) is 10.9 Å². The summed E-state index contributed by atoms with van der Waals surface area (Å²) in [7, 11) is 0. The van der Waals surface area contributed by atoms with Gasteiger partial charge in [-0.1, -0.05) is 0 Å². The maximum atomic E-state index is 13.1. The third kappa shape index (κ3) is 3.59. The number of pyridine rings is 2. The van der Waals surface area contributed by atoms with E-state index in [-0.39, 0.29) is 11.7 Å². The fraction of sp³-hybridized carbons (Fsp3) is 0.389. The molecule has 0 atom stereocenters. The van der Waals surface area contributed by atoms with Crippen LogP contribution in [0, 0.1) is 6.92 Å². The number of H-pyrrole nitrogens is 1. The highest BCUT2D eigenvalue weighted by molar-refractivity contribution is 6.00. The molecule has 1 aliphatic heterocycles. The molecule has 9 heteroatoms. The van der Waals surface area contributed by atoms with Gasteiger partial charge >= 0.3 is 6.18 Å². The Kier molecular flexibility index (Phi) is 4.47. The Hall–Kier alpha value is -2.68. The van der Waals surface area contributed by atoms with Crippen molar-refractivity contribution in [3.8, 4) is 11.4 Å². The van der Waals surface area contributed by atoms with E-state index in [9.17, 15) is 13.2 Å². The Balaban J connectivity index is 1.80. The number of aromatic nitrogens is 4. The van der Waals surface area contributed by atoms with Crippen LogP contribution in [0.15, 0.2) is 24.4 Å². The second-order valence-electron chi connectivity index (χ2n) is 6.57. The zero-order valence-electron chi connectivity index (χ0n) is 14.6. The normalized spacial score (nSPS) is 16.0. The smallest absolute Gasteiger partial charge is 0.381 e. The van der Waals surface area contributed by atoms with Crippen molar-refractivity contribution in [2.45, 2.75) is 32.0 Å². The quantitative estimate of drug-likeness (QED) is 0.723. The number of aryl methyl sites for hydroxylation is 1. The van der Waals surface area contributed by atoms with Crippen LogP contribution in [-0.4, -0.2) is 39.4 Å². The molecule has 0 aromatic carbocycles. The molecule has 27 heavy (non-hydrogen) atoms. The first-order valence-corrected chi connectivity index (χ1v) is 8.65. The molecular weight excluding hydrogens is 359 g/mol. The zero-order valence-corrected chi connectivity index (χ0v) is 14.6. The Morgan fingerprint density at radius 2 is 2.00 bits per heavy atom. The third-order valence-electron chi connectivity index (χ3n) is 4.56. The van der Waals surface area contributed by atoms with Crippen LogP contribution in [0.3, 0.4) is 0 Å². The van der Waals surface area contributed by atoms with Gasteiger partial charge in [-0.3, -0.25) is 10.1 Å². The van der Waals surface area contributed by atoms with E-state index in [1.165, 1.54) is 0 Å². The molecule has 0 spiro atoms. The summed E-state index contributed by atoms with van der Waals surface area (Å²) in [5, 5.41) is 11.2. The zero-order chi connectivity index (χ0) is 19.0. The molecule has 0 amide bonds. The summed E-state index contributed by atoms with van der Waals surface area (Å²) < 4.78 is 44.6. The lowest BCUT2D eigenvalue weighted by Crippen LogP contribution is -2.28. The maximum absolute atomic E-state index is 13.1. The van der Waals surface area contributed by atoms with Gasteiger partial charge in [0, 0.05) is 31.1 Å². The number of rotatable bonds is 3. The van der Waals surface area contributed by atoms with Gasteiger partial charge in [-0.05, 0) is 38.0 Å². The molecule has 142 valence electrons. The van der Waals surface area contributed by atoms with E-state index in [0.717, 1.165) is 36.9 Å². The van der Waals surface area contributed by atoms with Gasteiger partial charge in [-0.25, -0.2) is 4.98 Å². The van der Waals surface area contributed by atoms with Crippen molar-refractivity contribution >= 4 is 16.7 Å². The number of nitrogens with zero attached hydrogens (tertiary/aromatic N) is 3. The van der Waals surface area contributed by atoms with Crippen LogP contribution < -0.4 is 5.32 Å². The molecule has 1 fully saturated rings. The van der Waals surface area contributed by atoms with Gasteiger partial charge in [0.15, 0.2) is 0 Å². The highest BCUT2D eigenvalue weighted by Gasteiger charge is 2.31. The van der Waals surface area contributed by atoms with Crippen LogP contribution in [0.5, 0.6) is 0 Å². The molecule has 1 aliphatic rings. The Labute approximate surface area is 153 Å². The topological polar surface area (TPSA) is 75.7 Å². The number of hydrogen-bond acceptors (Lipinski definition) is 5. The second kappa shape index (κ2) is 6.80. The average Bonchev–Trinajstić information content (AvgIpc) is 3.06. The Morgan fingerprint density at radius 1 is 1.22 bits per heavy atom. The first-order valence-electron chi connectivity index (χ1n) is 8.65. The first-order chi connectivity index (χ1) is 12.9. The molecule has 3 aromatic rings. The highest BCUT2D eigenvalue weighted by Crippen LogP contribution is 2.35. The van der Waals surface area contributed by atoms with E-state index < -0.39 is 11.7 Å². The van der Waals surface area contributed by atoms with Gasteiger partial charge in [0.05, 0.1) is 22.2 Å². The standard InChI is InChI=1S/C18H18F3N5O/c1-10-8-13-15(17(23-10)24-12-3-6-27-7-4-12)16(26-25-13)14-9-11(2-5-22-14)18(19,20)21/h2,5,8-9,12H,3-4,6-7H2,1H3,(H,23,24)(H,25,26). The molecule has 0 radical (unpaired) electrons. The van der Waals surface area contributed by atoms with E-state index in [2.05, 4.69) is 25.5 Å². The number of ether oxygens (including phenoxy) is 1. The summed E-state index contributed by atoms with van der Waals surface area (Å²) in [5.41, 5.74) is 1.22. The lowest BCUT2D eigenvalue weighted by molar-refractivity contribution is -0.137. The summed E-state index contributed by atoms with van der Waals surface area (Å²) >= 11 is 0. The van der Waals surface area contributed by atoms with Gasteiger partial charge in [0.2, 0.25) is 0 Å². The van der Waals surface area contributed by atoms with Gasteiger partial charge in [0.25, 0.3) is 0 Å². The number of alkyl halides is 3. The van der Waals surface area contributed by atoms with Crippen molar-refractivity contribution in [2.24, 2.45) is 0 Å². The van der Waals surface area contributed by atoms with E-state index >= 15 is 0 Å². The fourth-order valence-corrected chi connectivity index (χ4v) is 3.23. The largest absolute Gasteiger partial charge is 0.416 e. The lowest BCUT2D eigenvalue weighted by Gasteiger charge is -2.24. The van der Waals surface area contributed by atoms with Gasteiger partial charge < -0.3 is 10.1 Å². The molecule has 0 aliphatic carbocycles. The number of hydrogen-bond donors (Lipinski definition) is 2. The van der Waals surface area contributed by atoms with E-state index in [1.54, 1.807) is 0 Å². The molecule has 0 bridgehead atoms. The second-order valence-corrected chi connectivity index (χ2v) is 6.57. The predicted molar refractivity (Wildman–Crippen MR) is 94.3 cm³/mol. The summed E-state index contributed by atoms with van der Waals surface area (Å²) in [6, 6.07) is 3.96. The molecule has 4 heterocycles. The minimum Gasteiger partial charge on any atom is -0.381 e. The molecule has 1 saturated heterocycles. The monoisotopic (exact) mass is 377 g/mol. The van der Waals surface area contributed by atoms with Crippen molar-refractivity contribution < 1.29 is 17.9 Å². The number of aromatic amines is 1. The molecule has 6 nitrogen and oxygen atoms in total. The molecular formula is C18H18F3N5O. The minimum atomic E-state index is -4.44. The number of nitrogens with one attached hydrogen (secondary N) is 2. The molecule has 0 saturated carbocycles. The van der Waals surface area contributed by atoms with Crippen molar-refractivity contribution in [3.63, 3.8) is 0 Å². The van der Waals surface area contributed by atoms with E-state index in [4.69, 9.17) is 4.74 Å². The fourth-order valence-electron chi connectivity index (χ4n) is 3.23. The molecule has 2 N–H and O–H groups in total. The van der Waals surface area contributed by atoms with E-state index in [1.807, 2.05) is 13.0 Å². The summed E-state index contributed by atoms with van der Waals surface area (Å²) in [6.45, 7) is 3.19. The van der Waals surface area contributed by atoms with E-state index in [0.29, 0.717) is 35.6 Å². The van der Waals surface area contributed by atoms with Gasteiger partial charge in [0.1, 0.15) is 11.5 Å². The summed E-state index contributed by atoms with van der Waals surface area (Å²) in [4.78, 5) is 8.66. The van der Waals surface area contributed by atoms with Gasteiger partial charge in [-0.15, -0.1) is 0 Å². The van der Waals surface area contributed by atoms with Crippen molar-refractivity contribution in [2.75, 3.05) is 18.5 Å². The predicted octanol–water partition coefficient (Wildman–Crippen LogP) is 3.94. The SMILES string of the molecule is Cc1cc2[nH]nc(-c3cc(C(F)(F)F)ccn3)c2c(NC2CCOCC2)n1.